The highest BCUT2D eigenvalue weighted by Gasteiger charge is 2.20. The largest absolute Gasteiger partial charge is 0.338 e. The summed E-state index contributed by atoms with van der Waals surface area (Å²) in [5, 5.41) is 6.03. The quantitative estimate of drug-likeness (QED) is 0.498. The van der Waals surface area contributed by atoms with Gasteiger partial charge in [-0.25, -0.2) is 4.79 Å². The Morgan fingerprint density at radius 2 is 1.44 bits per heavy atom. The van der Waals surface area contributed by atoms with E-state index in [1.165, 1.54) is 36.0 Å². The molecule has 4 nitrogen and oxygen atoms in total. The molecule has 0 spiro atoms. The Bertz CT molecular complexity index is 966. The molecule has 0 bridgehead atoms. The molecule has 4 rings (SSSR count). The van der Waals surface area contributed by atoms with Crippen molar-refractivity contribution in [2.24, 2.45) is 5.92 Å². The normalized spacial score (nSPS) is 14.8. The molecule has 1 aliphatic heterocycles. The predicted molar refractivity (Wildman–Crippen MR) is 132 cm³/mol. The molecule has 0 atom stereocenters. The number of nitrogens with zero attached hydrogens (tertiary/aromatic N) is 1. The first kappa shape index (κ1) is 22.1. The number of amides is 2. The van der Waals surface area contributed by atoms with Crippen molar-refractivity contribution in [1.29, 1.82) is 0 Å². The fourth-order valence-corrected chi connectivity index (χ4v) is 4.45. The molecule has 4 heteroatoms. The monoisotopic (exact) mass is 427 g/mol. The van der Waals surface area contributed by atoms with Crippen molar-refractivity contribution in [3.05, 3.63) is 102 Å². The van der Waals surface area contributed by atoms with E-state index in [1.807, 2.05) is 30.3 Å². The van der Waals surface area contributed by atoms with E-state index in [4.69, 9.17) is 0 Å². The van der Waals surface area contributed by atoms with Crippen LogP contribution in [0.4, 0.5) is 10.5 Å². The molecule has 0 aliphatic carbocycles. The number of nitrogens with one attached hydrogen (secondary N) is 2. The SMILES string of the molecule is O=C(NCCc1ccccc1)Nc1ccccc1CN1CCC(Cc2ccccc2)CC1. The molecule has 1 heterocycles. The van der Waals surface area contributed by atoms with Gasteiger partial charge in [0.25, 0.3) is 0 Å². The Balaban J connectivity index is 1.24. The maximum atomic E-state index is 12.4. The number of likely N-dealkylation sites (tertiary alicyclic amines) is 1. The van der Waals surface area contributed by atoms with Gasteiger partial charge in [0.15, 0.2) is 0 Å². The van der Waals surface area contributed by atoms with Crippen molar-refractivity contribution < 1.29 is 4.79 Å². The van der Waals surface area contributed by atoms with E-state index in [1.54, 1.807) is 0 Å². The maximum absolute atomic E-state index is 12.4. The Hall–Kier alpha value is -3.11. The van der Waals surface area contributed by atoms with Crippen molar-refractivity contribution in [2.45, 2.75) is 32.2 Å². The van der Waals surface area contributed by atoms with Crippen molar-refractivity contribution in [3.8, 4) is 0 Å². The van der Waals surface area contributed by atoms with Crippen molar-refractivity contribution >= 4 is 11.7 Å². The molecule has 166 valence electrons. The van der Waals surface area contributed by atoms with Gasteiger partial charge >= 0.3 is 6.03 Å². The number of benzene rings is 3. The van der Waals surface area contributed by atoms with Crippen LogP contribution < -0.4 is 10.6 Å². The van der Waals surface area contributed by atoms with Gasteiger partial charge in [-0.3, -0.25) is 4.90 Å². The summed E-state index contributed by atoms with van der Waals surface area (Å²) >= 11 is 0. The maximum Gasteiger partial charge on any atom is 0.319 e. The first-order chi connectivity index (χ1) is 15.8. The first-order valence-corrected chi connectivity index (χ1v) is 11.7. The van der Waals surface area contributed by atoms with Crippen LogP contribution in [-0.2, 0) is 19.4 Å². The van der Waals surface area contributed by atoms with Gasteiger partial charge in [0.2, 0.25) is 0 Å². The highest BCUT2D eigenvalue weighted by molar-refractivity contribution is 5.90. The zero-order chi connectivity index (χ0) is 22.0. The lowest BCUT2D eigenvalue weighted by Crippen LogP contribution is -2.34. The van der Waals surface area contributed by atoms with Gasteiger partial charge < -0.3 is 10.6 Å². The zero-order valence-electron chi connectivity index (χ0n) is 18.7. The molecule has 1 fully saturated rings. The van der Waals surface area contributed by atoms with Gasteiger partial charge in [-0.15, -0.1) is 0 Å². The van der Waals surface area contributed by atoms with E-state index in [0.29, 0.717) is 6.54 Å². The zero-order valence-corrected chi connectivity index (χ0v) is 18.7. The molecular formula is C28H33N3O. The molecule has 1 aliphatic rings. The number of carbonyl (C=O) groups excluding carboxylic acids is 1. The number of hydrogen-bond donors (Lipinski definition) is 2. The Labute approximate surface area is 191 Å². The van der Waals surface area contributed by atoms with Gasteiger partial charge in [0, 0.05) is 18.8 Å². The van der Waals surface area contributed by atoms with E-state index in [9.17, 15) is 4.79 Å². The predicted octanol–water partition coefficient (Wildman–Crippen LogP) is 5.51. The van der Waals surface area contributed by atoms with Crippen LogP contribution in [-0.4, -0.2) is 30.6 Å². The van der Waals surface area contributed by atoms with Crippen molar-refractivity contribution in [2.75, 3.05) is 25.0 Å². The summed E-state index contributed by atoms with van der Waals surface area (Å²) in [5.74, 6) is 0.761. The lowest BCUT2D eigenvalue weighted by Gasteiger charge is -2.32. The third kappa shape index (κ3) is 6.69. The van der Waals surface area contributed by atoms with Crippen molar-refractivity contribution in [3.63, 3.8) is 0 Å². The van der Waals surface area contributed by atoms with Gasteiger partial charge in [-0.1, -0.05) is 78.9 Å². The van der Waals surface area contributed by atoms with Gasteiger partial charge in [0.1, 0.15) is 0 Å². The molecule has 2 amide bonds. The molecule has 0 saturated carbocycles. The van der Waals surface area contributed by atoms with Gasteiger partial charge in [-0.2, -0.15) is 0 Å². The summed E-state index contributed by atoms with van der Waals surface area (Å²) < 4.78 is 0. The Kier molecular flexibility index (Phi) is 7.94. The minimum atomic E-state index is -0.144. The molecular weight excluding hydrogens is 394 g/mol. The number of rotatable bonds is 8. The average molecular weight is 428 g/mol. The lowest BCUT2D eigenvalue weighted by molar-refractivity contribution is 0.177. The van der Waals surface area contributed by atoms with Gasteiger partial charge in [-0.05, 0) is 67.4 Å². The van der Waals surface area contributed by atoms with Crippen LogP contribution in [0.25, 0.3) is 0 Å². The highest BCUT2D eigenvalue weighted by Crippen LogP contribution is 2.24. The molecule has 0 aromatic heterocycles. The second kappa shape index (κ2) is 11.5. The highest BCUT2D eigenvalue weighted by atomic mass is 16.2. The standard InChI is InChI=1S/C28H33N3O/c32-28(29-18-15-23-9-3-1-4-10-23)30-27-14-8-7-13-26(27)22-31-19-16-25(17-20-31)21-24-11-5-2-6-12-24/h1-14,25H,15-22H2,(H2,29,30,32). The minimum absolute atomic E-state index is 0.144. The molecule has 0 radical (unpaired) electrons. The second-order valence-electron chi connectivity index (χ2n) is 8.68. The summed E-state index contributed by atoms with van der Waals surface area (Å²) in [6.45, 7) is 3.70. The van der Waals surface area contributed by atoms with Gasteiger partial charge in [0.05, 0.1) is 0 Å². The third-order valence-electron chi connectivity index (χ3n) is 6.28. The van der Waals surface area contributed by atoms with E-state index >= 15 is 0 Å². The summed E-state index contributed by atoms with van der Waals surface area (Å²) in [4.78, 5) is 14.9. The molecule has 32 heavy (non-hydrogen) atoms. The molecule has 2 N–H and O–H groups in total. The second-order valence-corrected chi connectivity index (χ2v) is 8.68. The lowest BCUT2D eigenvalue weighted by atomic mass is 9.90. The number of anilines is 1. The minimum Gasteiger partial charge on any atom is -0.338 e. The fourth-order valence-electron chi connectivity index (χ4n) is 4.45. The van der Waals surface area contributed by atoms with E-state index in [-0.39, 0.29) is 6.03 Å². The van der Waals surface area contributed by atoms with Crippen LogP contribution in [0.2, 0.25) is 0 Å². The molecule has 3 aromatic rings. The van der Waals surface area contributed by atoms with Crippen LogP contribution in [0.15, 0.2) is 84.9 Å². The van der Waals surface area contributed by atoms with E-state index in [0.717, 1.165) is 37.7 Å². The number of para-hydroxylation sites is 1. The number of carbonyl (C=O) groups is 1. The first-order valence-electron chi connectivity index (χ1n) is 11.7. The number of piperidine rings is 1. The summed E-state index contributed by atoms with van der Waals surface area (Å²) in [6, 6.07) is 29.0. The number of urea groups is 1. The van der Waals surface area contributed by atoms with Crippen LogP contribution in [0.5, 0.6) is 0 Å². The fraction of sp³-hybridized carbons (Fsp3) is 0.321. The van der Waals surface area contributed by atoms with Crippen LogP contribution in [0.1, 0.15) is 29.5 Å². The average Bonchev–Trinajstić information content (AvgIpc) is 2.83. The van der Waals surface area contributed by atoms with Crippen LogP contribution in [0, 0.1) is 5.92 Å². The molecule has 3 aromatic carbocycles. The van der Waals surface area contributed by atoms with Crippen LogP contribution in [0.3, 0.4) is 0 Å². The van der Waals surface area contributed by atoms with Crippen molar-refractivity contribution in [1.82, 2.24) is 10.2 Å². The summed E-state index contributed by atoms with van der Waals surface area (Å²) in [5.41, 5.74) is 4.74. The van der Waals surface area contributed by atoms with Crippen LogP contribution >= 0.6 is 0 Å². The number of hydrogen-bond acceptors (Lipinski definition) is 2. The topological polar surface area (TPSA) is 44.4 Å². The molecule has 1 saturated heterocycles. The Morgan fingerprint density at radius 1 is 0.812 bits per heavy atom. The summed E-state index contributed by atoms with van der Waals surface area (Å²) in [7, 11) is 0. The molecule has 0 unspecified atom stereocenters. The van der Waals surface area contributed by atoms with E-state index < -0.39 is 0 Å². The van der Waals surface area contributed by atoms with E-state index in [2.05, 4.69) is 70.1 Å². The Morgan fingerprint density at radius 3 is 2.16 bits per heavy atom. The smallest absolute Gasteiger partial charge is 0.319 e. The third-order valence-corrected chi connectivity index (χ3v) is 6.28. The summed E-state index contributed by atoms with van der Waals surface area (Å²) in [6.07, 6.45) is 4.46.